The third-order valence-electron chi connectivity index (χ3n) is 3.50. The molecule has 6 heteroatoms. The Morgan fingerprint density at radius 1 is 1.58 bits per heavy atom. The molecular weight excluding hydrogens is 249 g/mol. The number of hydrogen-bond acceptors (Lipinski definition) is 4. The SMILES string of the molecule is Cc1c(CN2CCN[C@@H](C)C2)cc(F)cc1[N+](=O)[O-]. The Balaban J connectivity index is 2.22. The van der Waals surface area contributed by atoms with Gasteiger partial charge in [-0.25, -0.2) is 4.39 Å². The molecule has 1 aliphatic rings. The highest BCUT2D eigenvalue weighted by Crippen LogP contribution is 2.24. The minimum absolute atomic E-state index is 0.141. The standard InChI is InChI=1S/C13H18FN3O2/c1-9-7-16(4-3-15-9)8-11-5-12(14)6-13(10(11)2)17(18)19/h5-6,9,15H,3-4,7-8H2,1-2H3/t9-/m0/s1. The molecule has 5 nitrogen and oxygen atoms in total. The second-order valence-corrected chi connectivity index (χ2v) is 5.06. The van der Waals surface area contributed by atoms with Gasteiger partial charge in [0.1, 0.15) is 5.82 Å². The summed E-state index contributed by atoms with van der Waals surface area (Å²) in [6.45, 7) is 6.94. The van der Waals surface area contributed by atoms with Gasteiger partial charge in [0.25, 0.3) is 5.69 Å². The summed E-state index contributed by atoms with van der Waals surface area (Å²) in [5.41, 5.74) is 1.11. The lowest BCUT2D eigenvalue weighted by Crippen LogP contribution is -2.48. The lowest BCUT2D eigenvalue weighted by atomic mass is 10.1. The summed E-state index contributed by atoms with van der Waals surface area (Å²) in [6.07, 6.45) is 0. The minimum Gasteiger partial charge on any atom is -0.312 e. The van der Waals surface area contributed by atoms with Gasteiger partial charge in [0, 0.05) is 37.8 Å². The Morgan fingerprint density at radius 3 is 2.95 bits per heavy atom. The first-order valence-electron chi connectivity index (χ1n) is 6.36. The zero-order valence-electron chi connectivity index (χ0n) is 11.1. The molecule has 0 amide bonds. The van der Waals surface area contributed by atoms with E-state index in [0.717, 1.165) is 25.7 Å². The second kappa shape index (κ2) is 5.63. The van der Waals surface area contributed by atoms with E-state index in [2.05, 4.69) is 17.1 Å². The van der Waals surface area contributed by atoms with Crippen LogP contribution in [0, 0.1) is 22.9 Å². The maximum atomic E-state index is 13.5. The fraction of sp³-hybridized carbons (Fsp3) is 0.538. The number of nitrogens with zero attached hydrogens (tertiary/aromatic N) is 2. The quantitative estimate of drug-likeness (QED) is 0.670. The molecule has 1 N–H and O–H groups in total. The first-order chi connectivity index (χ1) is 8.97. The van der Waals surface area contributed by atoms with Gasteiger partial charge in [-0.3, -0.25) is 15.0 Å². The van der Waals surface area contributed by atoms with Crippen molar-refractivity contribution in [2.24, 2.45) is 0 Å². The van der Waals surface area contributed by atoms with Crippen molar-refractivity contribution in [2.75, 3.05) is 19.6 Å². The first-order valence-corrected chi connectivity index (χ1v) is 6.36. The molecule has 1 fully saturated rings. The molecule has 0 radical (unpaired) electrons. The van der Waals surface area contributed by atoms with Crippen LogP contribution in [0.25, 0.3) is 0 Å². The highest BCUT2D eigenvalue weighted by atomic mass is 19.1. The predicted octanol–water partition coefficient (Wildman–Crippen LogP) is 1.84. The number of rotatable bonds is 3. The van der Waals surface area contributed by atoms with E-state index in [1.165, 1.54) is 6.07 Å². The Hall–Kier alpha value is -1.53. The van der Waals surface area contributed by atoms with Crippen molar-refractivity contribution in [2.45, 2.75) is 26.4 Å². The maximum absolute atomic E-state index is 13.5. The summed E-state index contributed by atoms with van der Waals surface area (Å²) in [7, 11) is 0. The summed E-state index contributed by atoms with van der Waals surface area (Å²) in [5.74, 6) is -0.546. The Morgan fingerprint density at radius 2 is 2.32 bits per heavy atom. The Kier molecular flexibility index (Phi) is 4.11. The van der Waals surface area contributed by atoms with Gasteiger partial charge in [0.15, 0.2) is 0 Å². The van der Waals surface area contributed by atoms with Crippen LogP contribution in [-0.2, 0) is 6.54 Å². The number of nitrogens with one attached hydrogen (secondary N) is 1. The van der Waals surface area contributed by atoms with Crippen molar-refractivity contribution in [1.29, 1.82) is 0 Å². The number of nitro groups is 1. The lowest BCUT2D eigenvalue weighted by molar-refractivity contribution is -0.385. The maximum Gasteiger partial charge on any atom is 0.275 e. The number of nitro benzene ring substituents is 1. The van der Waals surface area contributed by atoms with Crippen molar-refractivity contribution >= 4 is 5.69 Å². The summed E-state index contributed by atoms with van der Waals surface area (Å²) in [6, 6.07) is 2.77. The van der Waals surface area contributed by atoms with E-state index < -0.39 is 10.7 Å². The molecule has 0 saturated carbocycles. The van der Waals surface area contributed by atoms with Gasteiger partial charge in [-0.15, -0.1) is 0 Å². The molecule has 1 heterocycles. The van der Waals surface area contributed by atoms with Crippen LogP contribution in [0.3, 0.4) is 0 Å². The van der Waals surface area contributed by atoms with Gasteiger partial charge in [-0.05, 0) is 25.5 Å². The summed E-state index contributed by atoms with van der Waals surface area (Å²) >= 11 is 0. The molecule has 0 bridgehead atoms. The van der Waals surface area contributed by atoms with Crippen LogP contribution in [0.5, 0.6) is 0 Å². The lowest BCUT2D eigenvalue weighted by Gasteiger charge is -2.32. The fourth-order valence-corrected chi connectivity index (χ4v) is 2.47. The van der Waals surface area contributed by atoms with Crippen LogP contribution in [0.15, 0.2) is 12.1 Å². The van der Waals surface area contributed by atoms with E-state index in [4.69, 9.17) is 0 Å². The molecule has 1 atom stereocenters. The predicted molar refractivity (Wildman–Crippen MR) is 70.5 cm³/mol. The zero-order valence-corrected chi connectivity index (χ0v) is 11.1. The largest absolute Gasteiger partial charge is 0.312 e. The molecule has 104 valence electrons. The van der Waals surface area contributed by atoms with Gasteiger partial charge in [-0.2, -0.15) is 0 Å². The van der Waals surface area contributed by atoms with Crippen molar-refractivity contribution < 1.29 is 9.31 Å². The minimum atomic E-state index is -0.546. The third kappa shape index (κ3) is 3.27. The summed E-state index contributed by atoms with van der Waals surface area (Å²) in [4.78, 5) is 12.5. The summed E-state index contributed by atoms with van der Waals surface area (Å²) < 4.78 is 13.5. The molecule has 0 unspecified atom stereocenters. The van der Waals surface area contributed by atoms with Crippen LogP contribution in [0.2, 0.25) is 0 Å². The first kappa shape index (κ1) is 13.9. The molecule has 1 aromatic rings. The monoisotopic (exact) mass is 267 g/mol. The van der Waals surface area contributed by atoms with Crippen molar-refractivity contribution in [3.05, 3.63) is 39.2 Å². The molecule has 0 spiro atoms. The molecular formula is C13H18FN3O2. The molecule has 0 aromatic heterocycles. The average molecular weight is 267 g/mol. The summed E-state index contributed by atoms with van der Waals surface area (Å²) in [5, 5.41) is 14.2. The fourth-order valence-electron chi connectivity index (χ4n) is 2.47. The highest BCUT2D eigenvalue weighted by Gasteiger charge is 2.20. The van der Waals surface area contributed by atoms with E-state index in [1.54, 1.807) is 6.92 Å². The highest BCUT2D eigenvalue weighted by molar-refractivity contribution is 5.45. The van der Waals surface area contributed by atoms with Gasteiger partial charge in [0.05, 0.1) is 11.0 Å². The molecule has 19 heavy (non-hydrogen) atoms. The topological polar surface area (TPSA) is 58.4 Å². The average Bonchev–Trinajstić information content (AvgIpc) is 2.33. The van der Waals surface area contributed by atoms with Crippen LogP contribution in [0.1, 0.15) is 18.1 Å². The van der Waals surface area contributed by atoms with Crippen molar-refractivity contribution in [3.8, 4) is 0 Å². The zero-order chi connectivity index (χ0) is 14.0. The number of hydrogen-bond donors (Lipinski definition) is 1. The number of piperazine rings is 1. The van der Waals surface area contributed by atoms with E-state index in [0.29, 0.717) is 23.7 Å². The van der Waals surface area contributed by atoms with Crippen LogP contribution in [0.4, 0.5) is 10.1 Å². The van der Waals surface area contributed by atoms with Gasteiger partial charge in [-0.1, -0.05) is 0 Å². The normalized spacial score (nSPS) is 20.5. The van der Waals surface area contributed by atoms with Crippen LogP contribution in [-0.4, -0.2) is 35.5 Å². The number of benzene rings is 1. The van der Waals surface area contributed by atoms with E-state index in [9.17, 15) is 14.5 Å². The van der Waals surface area contributed by atoms with E-state index in [1.807, 2.05) is 0 Å². The number of halogens is 1. The molecule has 2 rings (SSSR count). The molecule has 0 aliphatic carbocycles. The van der Waals surface area contributed by atoms with Crippen molar-refractivity contribution in [1.82, 2.24) is 10.2 Å². The van der Waals surface area contributed by atoms with Crippen LogP contribution >= 0.6 is 0 Å². The van der Waals surface area contributed by atoms with E-state index in [-0.39, 0.29) is 5.69 Å². The van der Waals surface area contributed by atoms with Crippen LogP contribution < -0.4 is 5.32 Å². The molecule has 1 aliphatic heterocycles. The Labute approximate surface area is 111 Å². The van der Waals surface area contributed by atoms with Gasteiger partial charge < -0.3 is 5.32 Å². The van der Waals surface area contributed by atoms with Crippen molar-refractivity contribution in [3.63, 3.8) is 0 Å². The molecule has 1 aromatic carbocycles. The Bertz CT molecular complexity index is 493. The second-order valence-electron chi connectivity index (χ2n) is 5.06. The van der Waals surface area contributed by atoms with Gasteiger partial charge >= 0.3 is 0 Å². The molecule has 1 saturated heterocycles. The third-order valence-corrected chi connectivity index (χ3v) is 3.50. The smallest absolute Gasteiger partial charge is 0.275 e. The van der Waals surface area contributed by atoms with E-state index >= 15 is 0 Å². The van der Waals surface area contributed by atoms with Gasteiger partial charge in [0.2, 0.25) is 0 Å².